The highest BCUT2D eigenvalue weighted by Crippen LogP contribution is 2.70. The SMILES string of the molecule is C[C@@H]1CC[C@@]2(OC1)O[C@H]1C[C@H]3[C@@H]4CC=C5CC(O[C@@H]6O[C@H](CO)[C@@H](O[C@@H]7O[C@@H](CO[C@@H]8O[C@@H](C)[C@H](O)[C@@H](O)[C@H]8O)[C@H](O)[C@H]7O)[C@H](O)[C@H]6O[C@@H]6O[C@@H](C)[C@H](O)[C@@H](O)[C@H]6O)CC[C@]5(C)[C@H]4CC[C@]3(C)[C@H]1[C@@H]2C. The van der Waals surface area contributed by atoms with Gasteiger partial charge < -0.3 is 98.4 Å². The van der Waals surface area contributed by atoms with Crippen LogP contribution in [0.5, 0.6) is 0 Å². The summed E-state index contributed by atoms with van der Waals surface area (Å²) in [6.07, 6.45) is -17.2. The Balaban J connectivity index is 0.827. The third-order valence-corrected chi connectivity index (χ3v) is 19.4. The average Bonchev–Trinajstić information content (AvgIpc) is 3.90. The van der Waals surface area contributed by atoms with Gasteiger partial charge in [0.05, 0.1) is 44.2 Å². The first-order valence-corrected chi connectivity index (χ1v) is 26.1. The molecule has 0 amide bonds. The molecule has 70 heavy (non-hydrogen) atoms. The highest BCUT2D eigenvalue weighted by Gasteiger charge is 2.69. The molecule has 4 aliphatic carbocycles. The Morgan fingerprint density at radius 2 is 1.27 bits per heavy atom. The summed E-state index contributed by atoms with van der Waals surface area (Å²) in [4.78, 5) is 0. The molecule has 3 saturated carbocycles. The fourth-order valence-corrected chi connectivity index (χ4v) is 15.2. The number of hydrogen-bond acceptors (Lipinski definition) is 20. The van der Waals surface area contributed by atoms with E-state index >= 15 is 0 Å². The van der Waals surface area contributed by atoms with Gasteiger partial charge in [0.15, 0.2) is 30.9 Å². The number of allylic oxidation sites excluding steroid dienone is 1. The van der Waals surface area contributed by atoms with E-state index < -0.39 is 142 Å². The van der Waals surface area contributed by atoms with Gasteiger partial charge in [-0.1, -0.05) is 39.3 Å². The zero-order chi connectivity index (χ0) is 49.9. The van der Waals surface area contributed by atoms with Crippen LogP contribution in [0.25, 0.3) is 0 Å². The van der Waals surface area contributed by atoms with Crippen molar-refractivity contribution in [1.29, 1.82) is 0 Å². The maximum Gasteiger partial charge on any atom is 0.187 e. The molecule has 0 aromatic heterocycles. The number of fused-ring (bicyclic) bond motifs is 7. The maximum atomic E-state index is 12.2. The van der Waals surface area contributed by atoms with Crippen LogP contribution in [0.2, 0.25) is 0 Å². The summed E-state index contributed by atoms with van der Waals surface area (Å²) in [5.74, 6) is 2.48. The summed E-state index contributed by atoms with van der Waals surface area (Å²) in [6, 6.07) is 0. The van der Waals surface area contributed by atoms with E-state index in [4.69, 9.17) is 47.4 Å². The summed E-state index contributed by atoms with van der Waals surface area (Å²) < 4.78 is 61.7. The van der Waals surface area contributed by atoms with E-state index in [1.165, 1.54) is 19.4 Å². The van der Waals surface area contributed by atoms with Crippen LogP contribution in [0, 0.1) is 46.3 Å². The Labute approximate surface area is 409 Å². The van der Waals surface area contributed by atoms with Gasteiger partial charge in [0.1, 0.15) is 79.4 Å². The fraction of sp³-hybridized carbons (Fsp3) is 0.960. The molecule has 0 aromatic rings. The molecule has 6 aliphatic heterocycles. The lowest BCUT2D eigenvalue weighted by Crippen LogP contribution is -2.65. The molecule has 20 nitrogen and oxygen atoms in total. The second-order valence-electron chi connectivity index (χ2n) is 23.4. The Hall–Kier alpha value is -1.06. The van der Waals surface area contributed by atoms with Crippen molar-refractivity contribution in [3.05, 3.63) is 11.6 Å². The predicted octanol–water partition coefficient (Wildman–Crippen LogP) is -0.295. The average molecular weight is 1000 g/mol. The van der Waals surface area contributed by atoms with Crippen LogP contribution in [0.4, 0.5) is 0 Å². The predicted molar refractivity (Wildman–Crippen MR) is 239 cm³/mol. The normalized spacial score (nSPS) is 57.8. The van der Waals surface area contributed by atoms with E-state index in [-0.39, 0.29) is 16.9 Å². The lowest BCUT2D eigenvalue weighted by molar-refractivity contribution is -0.380. The van der Waals surface area contributed by atoms with Crippen LogP contribution in [0.1, 0.15) is 99.3 Å². The van der Waals surface area contributed by atoms with E-state index in [1.807, 2.05) is 0 Å². The van der Waals surface area contributed by atoms with Crippen molar-refractivity contribution in [3.8, 4) is 0 Å². The zero-order valence-electron chi connectivity index (χ0n) is 41.2. The molecule has 10 N–H and O–H groups in total. The molecule has 0 radical (unpaired) electrons. The largest absolute Gasteiger partial charge is 0.394 e. The van der Waals surface area contributed by atoms with Gasteiger partial charge in [0.2, 0.25) is 0 Å². The van der Waals surface area contributed by atoms with Crippen LogP contribution >= 0.6 is 0 Å². The molecule has 1 spiro atoms. The Morgan fingerprint density at radius 1 is 0.629 bits per heavy atom. The van der Waals surface area contributed by atoms with E-state index in [9.17, 15) is 51.1 Å². The van der Waals surface area contributed by atoms with Gasteiger partial charge >= 0.3 is 0 Å². The second kappa shape index (κ2) is 19.8. The maximum absolute atomic E-state index is 12.2. The third-order valence-electron chi connectivity index (χ3n) is 19.4. The number of hydrogen-bond donors (Lipinski definition) is 10. The smallest absolute Gasteiger partial charge is 0.187 e. The van der Waals surface area contributed by atoms with Gasteiger partial charge in [-0.25, -0.2) is 0 Å². The van der Waals surface area contributed by atoms with Gasteiger partial charge in [-0.2, -0.15) is 0 Å². The van der Waals surface area contributed by atoms with E-state index in [0.29, 0.717) is 48.3 Å². The van der Waals surface area contributed by atoms with Gasteiger partial charge in [-0.15, -0.1) is 0 Å². The van der Waals surface area contributed by atoms with Crippen molar-refractivity contribution in [1.82, 2.24) is 0 Å². The lowest BCUT2D eigenvalue weighted by atomic mass is 9.47. The molecule has 6 saturated heterocycles. The van der Waals surface area contributed by atoms with Crippen molar-refractivity contribution in [2.24, 2.45) is 46.3 Å². The summed E-state index contributed by atoms with van der Waals surface area (Å²) in [7, 11) is 0. The van der Waals surface area contributed by atoms with Crippen LogP contribution < -0.4 is 0 Å². The zero-order valence-corrected chi connectivity index (χ0v) is 41.2. The van der Waals surface area contributed by atoms with Crippen LogP contribution in [-0.2, 0) is 47.4 Å². The number of ether oxygens (including phenoxy) is 10. The monoisotopic (exact) mass is 1000 g/mol. The van der Waals surface area contributed by atoms with Crippen LogP contribution in [0.15, 0.2) is 11.6 Å². The molecular formula is C50H80O20. The molecule has 400 valence electrons. The molecular weight excluding hydrogens is 921 g/mol. The second-order valence-corrected chi connectivity index (χ2v) is 23.4. The topological polar surface area (TPSA) is 295 Å². The number of aliphatic hydroxyl groups excluding tert-OH is 10. The molecule has 6 heterocycles. The van der Waals surface area contributed by atoms with E-state index in [0.717, 1.165) is 51.6 Å². The molecule has 0 bridgehead atoms. The standard InChI is InChI=1S/C50H80O20/c1-20-9-14-50(62-18-20)21(2)32-29(70-50)16-28-26-8-7-24-15-25(10-12-48(24,5)27(26)11-13-49(28,32)6)65-47-43(69-45-40(59)37(56)34(53)23(4)64-45)41(60)42(30(17-51)66-47)68-46-38(57)35(54)31(67-46)19-61-44-39(58)36(55)33(52)22(3)63-44/h7,20-23,25-47,51-60H,8-19H2,1-6H3/t20-,21+,22+,23+,25?,26-,27+,28+,29+,30-,31+,32+,33+,34+,35+,36-,37-,38-,39-,40-,41+,42-,43-,44-,45+,46+,47-,48+,49+,50-/m1/s1. The Kier molecular flexibility index (Phi) is 14.8. The summed E-state index contributed by atoms with van der Waals surface area (Å²) >= 11 is 0. The molecule has 20 heteroatoms. The fourth-order valence-electron chi connectivity index (χ4n) is 15.2. The minimum Gasteiger partial charge on any atom is -0.394 e. The molecule has 30 atom stereocenters. The van der Waals surface area contributed by atoms with Gasteiger partial charge in [-0.3, -0.25) is 0 Å². The molecule has 9 fully saturated rings. The first-order valence-electron chi connectivity index (χ1n) is 26.1. The van der Waals surface area contributed by atoms with Crippen molar-refractivity contribution in [3.63, 3.8) is 0 Å². The first-order chi connectivity index (χ1) is 33.2. The summed E-state index contributed by atoms with van der Waals surface area (Å²) in [6.45, 7) is 12.1. The highest BCUT2D eigenvalue weighted by atomic mass is 16.8. The Bertz CT molecular complexity index is 1850. The quantitative estimate of drug-likeness (QED) is 0.126. The minimum atomic E-state index is -1.75. The third kappa shape index (κ3) is 8.79. The van der Waals surface area contributed by atoms with E-state index in [2.05, 4.69) is 33.8 Å². The molecule has 0 aromatic carbocycles. The number of aliphatic hydroxyl groups is 10. The highest BCUT2D eigenvalue weighted by molar-refractivity contribution is 5.26. The summed E-state index contributed by atoms with van der Waals surface area (Å²) in [5.41, 5.74) is 1.44. The van der Waals surface area contributed by atoms with Crippen LogP contribution in [0.3, 0.4) is 0 Å². The Morgan fingerprint density at radius 3 is 1.96 bits per heavy atom. The van der Waals surface area contributed by atoms with Crippen LogP contribution in [-0.4, -0.2) is 206 Å². The molecule has 1 unspecified atom stereocenters. The minimum absolute atomic E-state index is 0.0539. The lowest BCUT2D eigenvalue weighted by Gasteiger charge is -2.58. The first kappa shape index (κ1) is 52.4. The van der Waals surface area contributed by atoms with Gasteiger partial charge in [0, 0.05) is 12.3 Å². The van der Waals surface area contributed by atoms with Crippen molar-refractivity contribution in [2.75, 3.05) is 19.8 Å². The molecule has 10 rings (SSSR count). The van der Waals surface area contributed by atoms with Crippen molar-refractivity contribution in [2.45, 2.75) is 234 Å². The number of rotatable bonds is 10. The summed E-state index contributed by atoms with van der Waals surface area (Å²) in [5, 5.41) is 108. The van der Waals surface area contributed by atoms with Gasteiger partial charge in [0.25, 0.3) is 0 Å². The van der Waals surface area contributed by atoms with Crippen molar-refractivity contribution < 1.29 is 98.4 Å². The molecule has 10 aliphatic rings. The van der Waals surface area contributed by atoms with Crippen molar-refractivity contribution >= 4 is 0 Å². The van der Waals surface area contributed by atoms with E-state index in [1.54, 1.807) is 0 Å². The van der Waals surface area contributed by atoms with Gasteiger partial charge in [-0.05, 0) is 106 Å².